The summed E-state index contributed by atoms with van der Waals surface area (Å²) >= 11 is 8.42. The molecule has 1 aromatic carbocycles. The molecule has 1 aromatic heterocycles. The summed E-state index contributed by atoms with van der Waals surface area (Å²) in [5.41, 5.74) is 1.13. The molecule has 2 heterocycles. The van der Waals surface area contributed by atoms with Gasteiger partial charge in [0.25, 0.3) is 0 Å². The molecule has 1 atom stereocenters. The fourth-order valence-corrected chi connectivity index (χ4v) is 6.91. The van der Waals surface area contributed by atoms with E-state index in [4.69, 9.17) is 0 Å². The van der Waals surface area contributed by atoms with Gasteiger partial charge in [-0.1, -0.05) is 15.9 Å². The highest BCUT2D eigenvalue weighted by atomic mass is 79.9. The molecule has 7 heteroatoms. The molecule has 21 heavy (non-hydrogen) atoms. The predicted octanol–water partition coefficient (Wildman–Crippen LogP) is 4.58. The average Bonchev–Trinajstić information content (AvgIpc) is 2.87. The van der Waals surface area contributed by atoms with Crippen LogP contribution >= 0.6 is 43.2 Å². The predicted molar refractivity (Wildman–Crippen MR) is 92.2 cm³/mol. The van der Waals surface area contributed by atoms with Gasteiger partial charge < -0.3 is 0 Å². The molecule has 3 rings (SSSR count). The van der Waals surface area contributed by atoms with Gasteiger partial charge in [-0.15, -0.1) is 11.3 Å². The molecule has 1 aliphatic rings. The maximum Gasteiger partial charge on any atom is 0.244 e. The minimum absolute atomic E-state index is 0.124. The van der Waals surface area contributed by atoms with Crippen LogP contribution in [0.3, 0.4) is 0 Å². The molecule has 0 bridgehead atoms. The van der Waals surface area contributed by atoms with E-state index in [-0.39, 0.29) is 6.04 Å². The van der Waals surface area contributed by atoms with Gasteiger partial charge in [0.1, 0.15) is 0 Å². The monoisotopic (exact) mass is 449 g/mol. The van der Waals surface area contributed by atoms with E-state index in [2.05, 4.69) is 31.9 Å². The number of rotatable bonds is 2. The molecular weight excluding hydrogens is 438 g/mol. The van der Waals surface area contributed by atoms with Gasteiger partial charge in [-0.25, -0.2) is 8.42 Å². The Morgan fingerprint density at radius 2 is 2.05 bits per heavy atom. The van der Waals surface area contributed by atoms with Crippen LogP contribution < -0.4 is 0 Å². The van der Waals surface area contributed by atoms with Gasteiger partial charge >= 0.3 is 0 Å². The summed E-state index contributed by atoms with van der Waals surface area (Å²) < 4.78 is 28.9. The van der Waals surface area contributed by atoms with Gasteiger partial charge in [-0.05, 0) is 64.5 Å². The average molecular weight is 451 g/mol. The minimum Gasteiger partial charge on any atom is -0.207 e. The molecule has 0 saturated heterocycles. The number of sulfonamides is 1. The van der Waals surface area contributed by atoms with E-state index in [0.717, 1.165) is 16.5 Å². The van der Waals surface area contributed by atoms with Gasteiger partial charge in [0.05, 0.1) is 4.90 Å². The Balaban J connectivity index is 2.03. The zero-order chi connectivity index (χ0) is 15.2. The van der Waals surface area contributed by atoms with Gasteiger partial charge in [-0.3, -0.25) is 0 Å². The lowest BCUT2D eigenvalue weighted by molar-refractivity contribution is 0.329. The second-order valence-electron chi connectivity index (χ2n) is 4.92. The van der Waals surface area contributed by atoms with Crippen LogP contribution in [-0.2, 0) is 16.4 Å². The molecule has 112 valence electrons. The third kappa shape index (κ3) is 2.74. The topological polar surface area (TPSA) is 37.4 Å². The van der Waals surface area contributed by atoms with Crippen LogP contribution in [0.5, 0.6) is 0 Å². The van der Waals surface area contributed by atoms with E-state index >= 15 is 0 Å². The largest absolute Gasteiger partial charge is 0.244 e. The normalized spacial score (nSPS) is 19.5. The van der Waals surface area contributed by atoms with Crippen molar-refractivity contribution in [2.45, 2.75) is 24.3 Å². The summed E-state index contributed by atoms with van der Waals surface area (Å²) in [6.07, 6.45) is 0.782. The SMILES string of the molecule is CC1c2ccsc2CCN1S(=O)(=O)c1ccc(Br)cc1Br. The van der Waals surface area contributed by atoms with Crippen LogP contribution in [0.2, 0.25) is 0 Å². The lowest BCUT2D eigenvalue weighted by atomic mass is 10.0. The number of benzene rings is 1. The van der Waals surface area contributed by atoms with Crippen LogP contribution in [0.25, 0.3) is 0 Å². The highest BCUT2D eigenvalue weighted by Crippen LogP contribution is 2.38. The molecule has 3 nitrogen and oxygen atoms in total. The van der Waals surface area contributed by atoms with Crippen LogP contribution in [-0.4, -0.2) is 19.3 Å². The number of nitrogens with zero attached hydrogens (tertiary/aromatic N) is 1. The van der Waals surface area contributed by atoms with E-state index in [0.29, 0.717) is 15.9 Å². The molecule has 0 aliphatic carbocycles. The highest BCUT2D eigenvalue weighted by molar-refractivity contribution is 9.11. The van der Waals surface area contributed by atoms with Crippen molar-refractivity contribution in [3.63, 3.8) is 0 Å². The minimum atomic E-state index is -3.51. The fraction of sp³-hybridized carbons (Fsp3) is 0.286. The Bertz CT molecular complexity index is 786. The molecule has 0 N–H and O–H groups in total. The third-order valence-corrected chi connectivity index (χ3v) is 8.14. The van der Waals surface area contributed by atoms with E-state index in [9.17, 15) is 8.42 Å². The first-order valence-corrected chi connectivity index (χ1v) is 10.3. The van der Waals surface area contributed by atoms with Crippen LogP contribution in [0.4, 0.5) is 0 Å². The van der Waals surface area contributed by atoms with Crippen molar-refractivity contribution < 1.29 is 8.42 Å². The van der Waals surface area contributed by atoms with E-state index in [1.54, 1.807) is 33.8 Å². The Morgan fingerprint density at radius 1 is 1.29 bits per heavy atom. The van der Waals surface area contributed by atoms with Gasteiger partial charge in [0, 0.05) is 26.4 Å². The van der Waals surface area contributed by atoms with Crippen molar-refractivity contribution in [1.29, 1.82) is 0 Å². The van der Waals surface area contributed by atoms with Crippen LogP contribution in [0.15, 0.2) is 43.5 Å². The summed E-state index contributed by atoms with van der Waals surface area (Å²) in [5, 5.41) is 2.03. The van der Waals surface area contributed by atoms with Crippen molar-refractivity contribution in [1.82, 2.24) is 4.31 Å². The van der Waals surface area contributed by atoms with Crippen molar-refractivity contribution >= 4 is 53.2 Å². The Labute approximate surface area is 145 Å². The van der Waals surface area contributed by atoms with Crippen molar-refractivity contribution in [2.24, 2.45) is 0 Å². The first kappa shape index (κ1) is 15.7. The Hall–Kier alpha value is -0.210. The molecule has 0 spiro atoms. The van der Waals surface area contributed by atoms with Crippen LogP contribution in [0, 0.1) is 0 Å². The summed E-state index contributed by atoms with van der Waals surface area (Å²) in [5.74, 6) is 0. The summed E-state index contributed by atoms with van der Waals surface area (Å²) in [6.45, 7) is 2.48. The first-order chi connectivity index (χ1) is 9.91. The first-order valence-electron chi connectivity index (χ1n) is 6.44. The maximum atomic E-state index is 12.9. The maximum absolute atomic E-state index is 12.9. The zero-order valence-electron chi connectivity index (χ0n) is 11.2. The lowest BCUT2D eigenvalue weighted by Crippen LogP contribution is -2.38. The quantitative estimate of drug-likeness (QED) is 0.671. The van der Waals surface area contributed by atoms with Crippen LogP contribution in [0.1, 0.15) is 23.4 Å². The zero-order valence-corrected chi connectivity index (χ0v) is 16.0. The third-order valence-electron chi connectivity index (χ3n) is 3.70. The summed E-state index contributed by atoms with van der Waals surface area (Å²) in [7, 11) is -3.51. The highest BCUT2D eigenvalue weighted by Gasteiger charge is 2.35. The molecule has 1 unspecified atom stereocenters. The lowest BCUT2D eigenvalue weighted by Gasteiger charge is -2.32. The molecular formula is C14H13Br2NO2S2. The van der Waals surface area contributed by atoms with E-state index in [1.807, 2.05) is 18.4 Å². The van der Waals surface area contributed by atoms with Gasteiger partial charge in [-0.2, -0.15) is 4.31 Å². The Morgan fingerprint density at radius 3 is 2.76 bits per heavy atom. The van der Waals surface area contributed by atoms with Gasteiger partial charge in [0.15, 0.2) is 0 Å². The van der Waals surface area contributed by atoms with E-state index in [1.165, 1.54) is 4.88 Å². The molecule has 0 saturated carbocycles. The Kier molecular flexibility index (Phi) is 4.31. The standard InChI is InChI=1S/C14H13Br2NO2S2/c1-9-11-5-7-20-13(11)4-6-17(9)21(18,19)14-3-2-10(15)8-12(14)16/h2-3,5,7-9H,4,6H2,1H3. The second-order valence-corrected chi connectivity index (χ2v) is 9.55. The molecule has 1 aliphatic heterocycles. The van der Waals surface area contributed by atoms with Crippen molar-refractivity contribution in [2.75, 3.05) is 6.54 Å². The van der Waals surface area contributed by atoms with E-state index < -0.39 is 10.0 Å². The smallest absolute Gasteiger partial charge is 0.207 e. The molecule has 0 fully saturated rings. The number of thiophene rings is 1. The second kappa shape index (κ2) is 5.77. The molecule has 0 amide bonds. The number of halogens is 2. The number of hydrogen-bond acceptors (Lipinski definition) is 3. The summed E-state index contributed by atoms with van der Waals surface area (Å²) in [6, 6.07) is 7.06. The number of hydrogen-bond donors (Lipinski definition) is 0. The summed E-state index contributed by atoms with van der Waals surface area (Å²) in [4.78, 5) is 1.61. The van der Waals surface area contributed by atoms with Crippen molar-refractivity contribution in [3.8, 4) is 0 Å². The fourth-order valence-electron chi connectivity index (χ4n) is 2.63. The molecule has 0 radical (unpaired) electrons. The number of fused-ring (bicyclic) bond motifs is 1. The van der Waals surface area contributed by atoms with Gasteiger partial charge in [0.2, 0.25) is 10.0 Å². The van der Waals surface area contributed by atoms with Crippen molar-refractivity contribution in [3.05, 3.63) is 49.0 Å². The molecule has 2 aromatic rings.